The number of ether oxygens (including phenoxy) is 2. The number of halogens is 1. The van der Waals surface area contributed by atoms with Crippen molar-refractivity contribution in [3.05, 3.63) is 38.8 Å². The highest BCUT2D eigenvalue weighted by atomic mass is 35.5. The van der Waals surface area contributed by atoms with Gasteiger partial charge in [-0.3, -0.25) is 4.79 Å². The number of nitrogens with one attached hydrogen (secondary N) is 1. The molecular formula is C18H21ClN2O3S. The summed E-state index contributed by atoms with van der Waals surface area (Å²) in [4.78, 5) is 16.4. The van der Waals surface area contributed by atoms with Gasteiger partial charge in [-0.2, -0.15) is 0 Å². The van der Waals surface area contributed by atoms with Gasteiger partial charge in [0.15, 0.2) is 11.5 Å². The van der Waals surface area contributed by atoms with Crippen LogP contribution in [0.3, 0.4) is 0 Å². The van der Waals surface area contributed by atoms with E-state index in [0.717, 1.165) is 17.0 Å². The zero-order valence-corrected chi connectivity index (χ0v) is 16.0. The quantitative estimate of drug-likeness (QED) is 0.731. The van der Waals surface area contributed by atoms with E-state index in [9.17, 15) is 4.79 Å². The van der Waals surface area contributed by atoms with E-state index < -0.39 is 0 Å². The monoisotopic (exact) mass is 380 g/mol. The summed E-state index contributed by atoms with van der Waals surface area (Å²) in [6.45, 7) is 5.05. The minimum absolute atomic E-state index is 0.142. The molecule has 0 unspecified atom stereocenters. The lowest BCUT2D eigenvalue weighted by molar-refractivity contribution is 0.0967. The highest BCUT2D eigenvalue weighted by molar-refractivity contribution is 7.14. The van der Waals surface area contributed by atoms with Gasteiger partial charge in [-0.1, -0.05) is 24.6 Å². The highest BCUT2D eigenvalue weighted by Crippen LogP contribution is 2.37. The molecular weight excluding hydrogens is 360 g/mol. The summed E-state index contributed by atoms with van der Waals surface area (Å²) in [6.07, 6.45) is 6.17. The third-order valence-corrected chi connectivity index (χ3v) is 4.42. The van der Waals surface area contributed by atoms with Crippen LogP contribution in [0.2, 0.25) is 5.02 Å². The molecule has 1 heterocycles. The van der Waals surface area contributed by atoms with E-state index in [1.807, 2.05) is 38.1 Å². The van der Waals surface area contributed by atoms with Gasteiger partial charge in [0, 0.05) is 7.05 Å². The molecule has 0 aliphatic heterocycles. The van der Waals surface area contributed by atoms with Gasteiger partial charge in [0.25, 0.3) is 5.91 Å². The molecule has 0 atom stereocenters. The lowest BCUT2D eigenvalue weighted by Crippen LogP contribution is -2.16. The molecule has 0 saturated heterocycles. The fourth-order valence-electron chi connectivity index (χ4n) is 2.05. The topological polar surface area (TPSA) is 60.5 Å². The minimum Gasteiger partial charge on any atom is -0.490 e. The second-order valence-corrected chi connectivity index (χ2v) is 6.56. The SMILES string of the molecule is CCCOc1c(Cl)cc(/C=C/c2ncc(C(=O)NC)s2)cc1OCC. The number of thiazole rings is 1. The number of benzene rings is 1. The average molecular weight is 381 g/mol. The summed E-state index contributed by atoms with van der Waals surface area (Å²) >= 11 is 7.67. The van der Waals surface area contributed by atoms with E-state index in [1.54, 1.807) is 13.2 Å². The fourth-order valence-corrected chi connectivity index (χ4v) is 3.09. The van der Waals surface area contributed by atoms with Gasteiger partial charge in [0.2, 0.25) is 0 Å². The van der Waals surface area contributed by atoms with Crippen molar-refractivity contribution < 1.29 is 14.3 Å². The average Bonchev–Trinajstić information content (AvgIpc) is 3.08. The maximum absolute atomic E-state index is 11.6. The van der Waals surface area contributed by atoms with Crippen molar-refractivity contribution in [2.45, 2.75) is 20.3 Å². The van der Waals surface area contributed by atoms with Gasteiger partial charge in [-0.25, -0.2) is 4.98 Å². The number of hydrogen-bond acceptors (Lipinski definition) is 5. The van der Waals surface area contributed by atoms with Crippen LogP contribution in [-0.4, -0.2) is 31.2 Å². The molecule has 0 radical (unpaired) electrons. The molecule has 134 valence electrons. The molecule has 7 heteroatoms. The summed E-state index contributed by atoms with van der Waals surface area (Å²) in [6, 6.07) is 3.70. The second kappa shape index (κ2) is 9.44. The first-order chi connectivity index (χ1) is 12.1. The van der Waals surface area contributed by atoms with Crippen LogP contribution in [0.15, 0.2) is 18.3 Å². The molecule has 2 rings (SSSR count). The normalized spacial score (nSPS) is 10.9. The third-order valence-electron chi connectivity index (χ3n) is 3.18. The summed E-state index contributed by atoms with van der Waals surface area (Å²) in [7, 11) is 1.59. The Labute approximate surface area is 156 Å². The molecule has 0 fully saturated rings. The zero-order valence-electron chi connectivity index (χ0n) is 14.5. The molecule has 1 aromatic heterocycles. The summed E-state index contributed by atoms with van der Waals surface area (Å²) in [5.41, 5.74) is 0.869. The van der Waals surface area contributed by atoms with Gasteiger partial charge in [-0.05, 0) is 37.1 Å². The van der Waals surface area contributed by atoms with Crippen LogP contribution in [0.1, 0.15) is 40.5 Å². The maximum atomic E-state index is 11.6. The third kappa shape index (κ3) is 5.21. The minimum atomic E-state index is -0.142. The molecule has 0 aliphatic carbocycles. The number of aromatic nitrogens is 1. The van der Waals surface area contributed by atoms with Crippen LogP contribution in [0.5, 0.6) is 11.5 Å². The van der Waals surface area contributed by atoms with E-state index in [4.69, 9.17) is 21.1 Å². The van der Waals surface area contributed by atoms with Crippen LogP contribution in [0.4, 0.5) is 0 Å². The number of amides is 1. The fraction of sp³-hybridized carbons (Fsp3) is 0.333. The van der Waals surface area contributed by atoms with Crippen molar-refractivity contribution in [3.63, 3.8) is 0 Å². The first-order valence-corrected chi connectivity index (χ1v) is 9.23. The van der Waals surface area contributed by atoms with Gasteiger partial charge in [0.05, 0.1) is 24.4 Å². The molecule has 25 heavy (non-hydrogen) atoms. The first-order valence-electron chi connectivity index (χ1n) is 8.04. The Balaban J connectivity index is 2.23. The van der Waals surface area contributed by atoms with E-state index in [1.165, 1.54) is 11.3 Å². The Hall–Kier alpha value is -2.05. The van der Waals surface area contributed by atoms with Crippen LogP contribution in [0.25, 0.3) is 12.2 Å². The van der Waals surface area contributed by atoms with Crippen LogP contribution >= 0.6 is 22.9 Å². The second-order valence-electron chi connectivity index (χ2n) is 5.09. The largest absolute Gasteiger partial charge is 0.490 e. The predicted molar refractivity (Wildman–Crippen MR) is 103 cm³/mol. The predicted octanol–water partition coefficient (Wildman–Crippen LogP) is 4.51. The number of carbonyl (C=O) groups is 1. The molecule has 0 spiro atoms. The van der Waals surface area contributed by atoms with Crippen molar-refractivity contribution in [1.29, 1.82) is 0 Å². The number of hydrogen-bond donors (Lipinski definition) is 1. The van der Waals surface area contributed by atoms with E-state index in [0.29, 0.717) is 34.6 Å². The van der Waals surface area contributed by atoms with Crippen LogP contribution in [-0.2, 0) is 0 Å². The van der Waals surface area contributed by atoms with Gasteiger partial charge < -0.3 is 14.8 Å². The molecule has 0 saturated carbocycles. The van der Waals surface area contributed by atoms with Crippen molar-refractivity contribution in [3.8, 4) is 11.5 Å². The van der Waals surface area contributed by atoms with E-state index in [2.05, 4.69) is 10.3 Å². The lowest BCUT2D eigenvalue weighted by Gasteiger charge is -2.14. The lowest BCUT2D eigenvalue weighted by atomic mass is 10.2. The first kappa shape index (κ1) is 19.3. The Bertz CT molecular complexity index is 759. The Morgan fingerprint density at radius 3 is 2.80 bits per heavy atom. The molecule has 0 aliphatic rings. The molecule has 1 aromatic carbocycles. The van der Waals surface area contributed by atoms with Crippen molar-refractivity contribution >= 4 is 41.0 Å². The Morgan fingerprint density at radius 1 is 1.32 bits per heavy atom. The molecule has 0 bridgehead atoms. The summed E-state index contributed by atoms with van der Waals surface area (Å²) in [5.74, 6) is 1.04. The number of nitrogens with zero attached hydrogens (tertiary/aromatic N) is 1. The molecule has 2 aromatic rings. The molecule has 1 N–H and O–H groups in total. The van der Waals surface area contributed by atoms with Crippen LogP contribution < -0.4 is 14.8 Å². The Kier molecular flexibility index (Phi) is 7.28. The smallest absolute Gasteiger partial charge is 0.262 e. The Morgan fingerprint density at radius 2 is 2.12 bits per heavy atom. The maximum Gasteiger partial charge on any atom is 0.262 e. The highest BCUT2D eigenvalue weighted by Gasteiger charge is 2.12. The van der Waals surface area contributed by atoms with Gasteiger partial charge in [0.1, 0.15) is 9.88 Å². The van der Waals surface area contributed by atoms with Crippen LogP contribution in [0, 0.1) is 0 Å². The standard InChI is InChI=1S/C18H21ClN2O3S/c1-4-8-24-17-13(19)9-12(10-14(17)23-5-2)6-7-16-21-11-15(25-16)18(22)20-3/h6-7,9-11H,4-5,8H2,1-3H3,(H,20,22)/b7-6+. The van der Waals surface area contributed by atoms with Crippen molar-refractivity contribution in [2.75, 3.05) is 20.3 Å². The van der Waals surface area contributed by atoms with Gasteiger partial charge >= 0.3 is 0 Å². The van der Waals surface area contributed by atoms with E-state index in [-0.39, 0.29) is 5.91 Å². The summed E-state index contributed by atoms with van der Waals surface area (Å²) < 4.78 is 11.3. The number of carbonyl (C=O) groups excluding carboxylic acids is 1. The van der Waals surface area contributed by atoms with Gasteiger partial charge in [-0.15, -0.1) is 11.3 Å². The summed E-state index contributed by atoms with van der Waals surface area (Å²) in [5, 5.41) is 3.82. The number of rotatable bonds is 8. The molecule has 5 nitrogen and oxygen atoms in total. The van der Waals surface area contributed by atoms with Crippen molar-refractivity contribution in [1.82, 2.24) is 10.3 Å². The van der Waals surface area contributed by atoms with Crippen molar-refractivity contribution in [2.24, 2.45) is 0 Å². The molecule has 1 amide bonds. The van der Waals surface area contributed by atoms with E-state index >= 15 is 0 Å². The zero-order chi connectivity index (χ0) is 18.2.